The zero-order valence-electron chi connectivity index (χ0n) is 11.4. The molecular weight excluding hydrogens is 226 g/mol. The van der Waals surface area contributed by atoms with Gasteiger partial charge in [0, 0.05) is 19.3 Å². The van der Waals surface area contributed by atoms with Crippen LogP contribution in [0.5, 0.6) is 0 Å². The normalized spacial score (nSPS) is 14.0. The van der Waals surface area contributed by atoms with E-state index in [1.165, 1.54) is 11.3 Å². The Balaban J connectivity index is 2.47. The summed E-state index contributed by atoms with van der Waals surface area (Å²) in [6.45, 7) is 4.60. The molecule has 0 aliphatic carbocycles. The van der Waals surface area contributed by atoms with Crippen molar-refractivity contribution >= 4 is 11.6 Å². The first kappa shape index (κ1) is 14.5. The maximum Gasteiger partial charge on any atom is 0.237 e. The van der Waals surface area contributed by atoms with Crippen LogP contribution >= 0.6 is 0 Å². The minimum absolute atomic E-state index is 0.444. The molecule has 0 saturated carbocycles. The minimum Gasteiger partial charge on any atom is -0.375 e. The Kier molecular flexibility index (Phi) is 4.73. The number of nitrogens with two attached hydrogens (primary N) is 2. The Morgan fingerprint density at radius 2 is 2.11 bits per heavy atom. The van der Waals surface area contributed by atoms with Crippen LogP contribution in [-0.2, 0) is 4.79 Å². The summed E-state index contributed by atoms with van der Waals surface area (Å²) in [7, 11) is 2.03. The fourth-order valence-electron chi connectivity index (χ4n) is 1.80. The molecule has 0 spiro atoms. The molecule has 18 heavy (non-hydrogen) atoms. The lowest BCUT2D eigenvalue weighted by atomic mass is 9.96. The summed E-state index contributed by atoms with van der Waals surface area (Å²) in [4.78, 5) is 13.3. The summed E-state index contributed by atoms with van der Waals surface area (Å²) in [6.07, 6.45) is 1.43. The molecule has 0 saturated heterocycles. The monoisotopic (exact) mass is 249 g/mol. The SMILES string of the molecule is Cc1cccc(N(C)CCCC(C)(N)C(N)=O)c1. The number of nitrogens with zero attached hydrogens (tertiary/aromatic N) is 1. The quantitative estimate of drug-likeness (QED) is 0.800. The molecule has 0 bridgehead atoms. The highest BCUT2D eigenvalue weighted by molar-refractivity contribution is 5.83. The van der Waals surface area contributed by atoms with Gasteiger partial charge in [0.2, 0.25) is 5.91 Å². The van der Waals surface area contributed by atoms with Crippen molar-refractivity contribution in [3.05, 3.63) is 29.8 Å². The molecule has 4 nitrogen and oxygen atoms in total. The second-order valence-corrected chi connectivity index (χ2v) is 5.15. The predicted octanol–water partition coefficient (Wildman–Crippen LogP) is 1.41. The van der Waals surface area contributed by atoms with Gasteiger partial charge in [0.25, 0.3) is 0 Å². The first-order valence-corrected chi connectivity index (χ1v) is 6.19. The molecule has 1 unspecified atom stereocenters. The summed E-state index contributed by atoms with van der Waals surface area (Å²) in [5, 5.41) is 0. The van der Waals surface area contributed by atoms with E-state index in [0.717, 1.165) is 13.0 Å². The predicted molar refractivity (Wildman–Crippen MR) is 75.5 cm³/mol. The van der Waals surface area contributed by atoms with Crippen molar-refractivity contribution in [3.63, 3.8) is 0 Å². The molecule has 1 amide bonds. The number of hydrogen-bond donors (Lipinski definition) is 2. The topological polar surface area (TPSA) is 72.3 Å². The maximum absolute atomic E-state index is 11.1. The van der Waals surface area contributed by atoms with E-state index in [9.17, 15) is 4.79 Å². The van der Waals surface area contributed by atoms with Crippen LogP contribution in [0.2, 0.25) is 0 Å². The molecule has 1 aromatic carbocycles. The van der Waals surface area contributed by atoms with Gasteiger partial charge in [0.1, 0.15) is 0 Å². The zero-order valence-corrected chi connectivity index (χ0v) is 11.4. The second kappa shape index (κ2) is 5.87. The number of carbonyl (C=O) groups is 1. The van der Waals surface area contributed by atoms with Crippen LogP contribution in [0.3, 0.4) is 0 Å². The van der Waals surface area contributed by atoms with Crippen molar-refractivity contribution in [3.8, 4) is 0 Å². The lowest BCUT2D eigenvalue weighted by molar-refractivity contribution is -0.122. The van der Waals surface area contributed by atoms with Crippen molar-refractivity contribution in [1.29, 1.82) is 0 Å². The van der Waals surface area contributed by atoms with Gasteiger partial charge in [-0.1, -0.05) is 12.1 Å². The van der Waals surface area contributed by atoms with E-state index in [1.54, 1.807) is 6.92 Å². The molecule has 0 fully saturated rings. The highest BCUT2D eigenvalue weighted by Gasteiger charge is 2.24. The number of anilines is 1. The molecule has 0 heterocycles. The molecule has 100 valence electrons. The Morgan fingerprint density at radius 1 is 1.44 bits per heavy atom. The number of rotatable bonds is 6. The van der Waals surface area contributed by atoms with Gasteiger partial charge in [-0.15, -0.1) is 0 Å². The van der Waals surface area contributed by atoms with Crippen molar-refractivity contribution in [2.75, 3.05) is 18.5 Å². The van der Waals surface area contributed by atoms with Crippen LogP contribution in [0.4, 0.5) is 5.69 Å². The van der Waals surface area contributed by atoms with Gasteiger partial charge < -0.3 is 16.4 Å². The number of carbonyl (C=O) groups excluding carboxylic acids is 1. The third-order valence-electron chi connectivity index (χ3n) is 3.19. The van der Waals surface area contributed by atoms with Crippen molar-refractivity contribution in [2.45, 2.75) is 32.2 Å². The molecular formula is C14H23N3O. The standard InChI is InChI=1S/C14H23N3O/c1-11-6-4-7-12(10-11)17(3)9-5-8-14(2,16)13(15)18/h4,6-7,10H,5,8-9,16H2,1-3H3,(H2,15,18). The van der Waals surface area contributed by atoms with Crippen molar-refractivity contribution in [1.82, 2.24) is 0 Å². The lowest BCUT2D eigenvalue weighted by Gasteiger charge is -2.24. The summed E-state index contributed by atoms with van der Waals surface area (Å²) < 4.78 is 0. The third-order valence-corrected chi connectivity index (χ3v) is 3.19. The van der Waals surface area contributed by atoms with Crippen LogP contribution in [0.25, 0.3) is 0 Å². The van der Waals surface area contributed by atoms with Gasteiger partial charge in [0.05, 0.1) is 5.54 Å². The maximum atomic E-state index is 11.1. The number of primary amides is 1. The Hall–Kier alpha value is -1.55. The summed E-state index contributed by atoms with van der Waals surface area (Å²) in [5.74, 6) is -0.444. The average Bonchev–Trinajstić information content (AvgIpc) is 2.28. The first-order valence-electron chi connectivity index (χ1n) is 6.19. The molecule has 0 radical (unpaired) electrons. The smallest absolute Gasteiger partial charge is 0.237 e. The minimum atomic E-state index is -0.909. The summed E-state index contributed by atoms with van der Waals surface area (Å²) in [6, 6.07) is 8.32. The zero-order chi connectivity index (χ0) is 13.8. The van der Waals surface area contributed by atoms with E-state index in [-0.39, 0.29) is 0 Å². The molecule has 4 heteroatoms. The molecule has 1 aromatic rings. The van der Waals surface area contributed by atoms with Gasteiger partial charge in [-0.3, -0.25) is 4.79 Å². The number of hydrogen-bond acceptors (Lipinski definition) is 3. The number of amides is 1. The van der Waals surface area contributed by atoms with Crippen LogP contribution in [-0.4, -0.2) is 25.0 Å². The number of aryl methyl sites for hydroxylation is 1. The van der Waals surface area contributed by atoms with Gasteiger partial charge in [0.15, 0.2) is 0 Å². The highest BCUT2D eigenvalue weighted by atomic mass is 16.1. The third kappa shape index (κ3) is 4.04. The first-order chi connectivity index (χ1) is 8.33. The van der Waals surface area contributed by atoms with Crippen LogP contribution in [0, 0.1) is 6.92 Å². The highest BCUT2D eigenvalue weighted by Crippen LogP contribution is 2.16. The molecule has 0 aliphatic heterocycles. The average molecular weight is 249 g/mol. The van der Waals surface area contributed by atoms with Crippen molar-refractivity contribution < 1.29 is 4.79 Å². The fraction of sp³-hybridized carbons (Fsp3) is 0.500. The summed E-state index contributed by atoms with van der Waals surface area (Å²) in [5.41, 5.74) is 12.6. The second-order valence-electron chi connectivity index (χ2n) is 5.15. The Bertz CT molecular complexity index is 415. The number of benzene rings is 1. The molecule has 4 N–H and O–H groups in total. The summed E-state index contributed by atoms with van der Waals surface area (Å²) >= 11 is 0. The van der Waals surface area contributed by atoms with Gasteiger partial charge in [-0.2, -0.15) is 0 Å². The van der Waals surface area contributed by atoms with Crippen LogP contribution in [0.15, 0.2) is 24.3 Å². The van der Waals surface area contributed by atoms with Crippen molar-refractivity contribution in [2.24, 2.45) is 11.5 Å². The molecule has 1 rings (SSSR count). The van der Waals surface area contributed by atoms with Crippen LogP contribution < -0.4 is 16.4 Å². The van der Waals surface area contributed by atoms with Gasteiger partial charge in [-0.25, -0.2) is 0 Å². The van der Waals surface area contributed by atoms with E-state index in [4.69, 9.17) is 11.5 Å². The molecule has 0 aromatic heterocycles. The van der Waals surface area contributed by atoms with Gasteiger partial charge >= 0.3 is 0 Å². The van der Waals surface area contributed by atoms with E-state index in [1.807, 2.05) is 13.1 Å². The Labute approximate surface area is 109 Å². The van der Waals surface area contributed by atoms with E-state index >= 15 is 0 Å². The largest absolute Gasteiger partial charge is 0.375 e. The molecule has 0 aliphatic rings. The van der Waals surface area contributed by atoms with E-state index in [2.05, 4.69) is 30.0 Å². The van der Waals surface area contributed by atoms with E-state index < -0.39 is 11.4 Å². The van der Waals surface area contributed by atoms with E-state index in [0.29, 0.717) is 6.42 Å². The van der Waals surface area contributed by atoms with Crippen LogP contribution in [0.1, 0.15) is 25.3 Å². The fourth-order valence-corrected chi connectivity index (χ4v) is 1.80. The van der Waals surface area contributed by atoms with Gasteiger partial charge in [-0.05, 0) is 44.4 Å². The Morgan fingerprint density at radius 3 is 2.67 bits per heavy atom. The molecule has 1 atom stereocenters. The lowest BCUT2D eigenvalue weighted by Crippen LogP contribution is -2.49.